The van der Waals surface area contributed by atoms with E-state index in [1.165, 1.54) is 6.07 Å². The normalized spacial score (nSPS) is 10.6. The van der Waals surface area contributed by atoms with Crippen molar-refractivity contribution in [2.45, 2.75) is 13.3 Å². The van der Waals surface area contributed by atoms with Crippen LogP contribution in [0.4, 0.5) is 4.39 Å². The van der Waals surface area contributed by atoms with Crippen molar-refractivity contribution in [2.24, 2.45) is 0 Å². The number of aromatic nitrogens is 3. The zero-order chi connectivity index (χ0) is 10.8. The third-order valence-electron chi connectivity index (χ3n) is 2.05. The molecule has 1 heterocycles. The standard InChI is InChI=1S/C10H9ClFN3/c1-2-8-13-10(15-14-8)9-6(11)4-3-5-7(9)12/h3-5H,2H2,1H3,(H,13,14,15). The highest BCUT2D eigenvalue weighted by atomic mass is 35.5. The average Bonchev–Trinajstić information content (AvgIpc) is 2.66. The Morgan fingerprint density at radius 2 is 2.27 bits per heavy atom. The minimum Gasteiger partial charge on any atom is -0.263 e. The first-order valence-corrected chi connectivity index (χ1v) is 4.96. The van der Waals surface area contributed by atoms with Crippen LogP contribution in [0.5, 0.6) is 0 Å². The van der Waals surface area contributed by atoms with Gasteiger partial charge in [-0.3, -0.25) is 5.10 Å². The molecule has 15 heavy (non-hydrogen) atoms. The van der Waals surface area contributed by atoms with Crippen LogP contribution in [0, 0.1) is 5.82 Å². The lowest BCUT2D eigenvalue weighted by Crippen LogP contribution is -1.88. The minimum absolute atomic E-state index is 0.245. The highest BCUT2D eigenvalue weighted by Crippen LogP contribution is 2.27. The van der Waals surface area contributed by atoms with Crippen LogP contribution in [0.1, 0.15) is 12.7 Å². The SMILES string of the molecule is CCc1nc(-c2c(F)cccc2Cl)n[nH]1. The first kappa shape index (κ1) is 10.1. The van der Waals surface area contributed by atoms with Crippen molar-refractivity contribution in [3.05, 3.63) is 34.9 Å². The van der Waals surface area contributed by atoms with Gasteiger partial charge in [-0.1, -0.05) is 24.6 Å². The molecule has 0 radical (unpaired) electrons. The number of nitrogens with zero attached hydrogens (tertiary/aromatic N) is 2. The van der Waals surface area contributed by atoms with Gasteiger partial charge in [0.05, 0.1) is 10.6 Å². The quantitative estimate of drug-likeness (QED) is 0.854. The summed E-state index contributed by atoms with van der Waals surface area (Å²) in [6.45, 7) is 1.94. The number of rotatable bonds is 2. The fraction of sp³-hybridized carbons (Fsp3) is 0.200. The molecule has 0 fully saturated rings. The number of hydrogen-bond acceptors (Lipinski definition) is 2. The Labute approximate surface area is 91.3 Å². The van der Waals surface area contributed by atoms with Crippen molar-refractivity contribution < 1.29 is 4.39 Å². The number of benzene rings is 1. The number of H-pyrrole nitrogens is 1. The molecule has 3 nitrogen and oxygen atoms in total. The Morgan fingerprint density at radius 3 is 2.87 bits per heavy atom. The summed E-state index contributed by atoms with van der Waals surface area (Å²) in [6, 6.07) is 4.50. The van der Waals surface area contributed by atoms with E-state index >= 15 is 0 Å². The van der Waals surface area contributed by atoms with E-state index in [1.807, 2.05) is 6.92 Å². The fourth-order valence-corrected chi connectivity index (χ4v) is 1.52. The van der Waals surface area contributed by atoms with Crippen LogP contribution in [-0.4, -0.2) is 15.2 Å². The summed E-state index contributed by atoms with van der Waals surface area (Å²) in [6.07, 6.45) is 0.721. The van der Waals surface area contributed by atoms with Crippen LogP contribution in [0.15, 0.2) is 18.2 Å². The Balaban J connectivity index is 2.53. The van der Waals surface area contributed by atoms with E-state index in [9.17, 15) is 4.39 Å². The predicted molar refractivity (Wildman–Crippen MR) is 56.2 cm³/mol. The van der Waals surface area contributed by atoms with Crippen molar-refractivity contribution in [1.82, 2.24) is 15.2 Å². The largest absolute Gasteiger partial charge is 0.263 e. The van der Waals surface area contributed by atoms with Gasteiger partial charge in [0.15, 0.2) is 5.82 Å². The highest BCUT2D eigenvalue weighted by Gasteiger charge is 2.13. The van der Waals surface area contributed by atoms with Crippen molar-refractivity contribution in [3.63, 3.8) is 0 Å². The van der Waals surface area contributed by atoms with E-state index in [0.29, 0.717) is 16.7 Å². The molecule has 0 aliphatic carbocycles. The molecular weight excluding hydrogens is 217 g/mol. The second-order valence-electron chi connectivity index (χ2n) is 3.06. The van der Waals surface area contributed by atoms with Crippen LogP contribution >= 0.6 is 11.6 Å². The molecule has 2 aromatic rings. The molecule has 0 spiro atoms. The number of aryl methyl sites for hydroxylation is 1. The molecule has 0 bridgehead atoms. The lowest BCUT2D eigenvalue weighted by Gasteiger charge is -1.99. The second kappa shape index (κ2) is 3.98. The van der Waals surface area contributed by atoms with E-state index in [-0.39, 0.29) is 5.56 Å². The van der Waals surface area contributed by atoms with E-state index < -0.39 is 5.82 Å². The van der Waals surface area contributed by atoms with Gasteiger partial charge in [-0.15, -0.1) is 0 Å². The van der Waals surface area contributed by atoms with Crippen molar-refractivity contribution in [2.75, 3.05) is 0 Å². The van der Waals surface area contributed by atoms with Crippen molar-refractivity contribution in [1.29, 1.82) is 0 Å². The van der Waals surface area contributed by atoms with Crippen LogP contribution in [0.2, 0.25) is 5.02 Å². The highest BCUT2D eigenvalue weighted by molar-refractivity contribution is 6.33. The molecule has 78 valence electrons. The summed E-state index contributed by atoms with van der Waals surface area (Å²) in [5.74, 6) is 0.600. The smallest absolute Gasteiger partial charge is 0.185 e. The summed E-state index contributed by atoms with van der Waals surface area (Å²) in [5, 5.41) is 6.96. The molecule has 0 aliphatic heterocycles. The van der Waals surface area contributed by atoms with Gasteiger partial charge in [-0.05, 0) is 12.1 Å². The zero-order valence-corrected chi connectivity index (χ0v) is 8.85. The first-order valence-electron chi connectivity index (χ1n) is 4.58. The van der Waals surface area contributed by atoms with Gasteiger partial charge >= 0.3 is 0 Å². The maximum Gasteiger partial charge on any atom is 0.185 e. The maximum absolute atomic E-state index is 13.5. The number of aromatic amines is 1. The summed E-state index contributed by atoms with van der Waals surface area (Å²) in [4.78, 5) is 4.13. The van der Waals surface area contributed by atoms with E-state index in [1.54, 1.807) is 12.1 Å². The van der Waals surface area contributed by atoms with Crippen LogP contribution in [0.25, 0.3) is 11.4 Å². The topological polar surface area (TPSA) is 41.6 Å². The average molecular weight is 226 g/mol. The lowest BCUT2D eigenvalue weighted by atomic mass is 10.2. The molecule has 1 aromatic heterocycles. The van der Waals surface area contributed by atoms with Gasteiger partial charge in [0, 0.05) is 6.42 Å². The number of halogens is 2. The Bertz CT molecular complexity index is 461. The predicted octanol–water partition coefficient (Wildman–Crippen LogP) is 2.83. The van der Waals surface area contributed by atoms with Gasteiger partial charge < -0.3 is 0 Å². The van der Waals surface area contributed by atoms with Gasteiger partial charge in [0.2, 0.25) is 0 Å². The molecule has 0 amide bonds. The van der Waals surface area contributed by atoms with Gasteiger partial charge in [0.1, 0.15) is 11.6 Å². The Morgan fingerprint density at radius 1 is 1.47 bits per heavy atom. The lowest BCUT2D eigenvalue weighted by molar-refractivity contribution is 0.630. The molecule has 0 unspecified atom stereocenters. The molecule has 0 aliphatic rings. The first-order chi connectivity index (χ1) is 7.22. The summed E-state index contributed by atoms with van der Waals surface area (Å²) in [5.41, 5.74) is 0.245. The van der Waals surface area contributed by atoms with E-state index in [2.05, 4.69) is 15.2 Å². The Kier molecular flexibility index (Phi) is 2.68. The molecule has 1 N–H and O–H groups in total. The summed E-state index contributed by atoms with van der Waals surface area (Å²) < 4.78 is 13.5. The van der Waals surface area contributed by atoms with Gasteiger partial charge in [-0.2, -0.15) is 5.10 Å². The zero-order valence-electron chi connectivity index (χ0n) is 8.09. The molecule has 0 saturated heterocycles. The fourth-order valence-electron chi connectivity index (χ4n) is 1.28. The Hall–Kier alpha value is -1.42. The second-order valence-corrected chi connectivity index (χ2v) is 3.46. The molecule has 0 atom stereocenters. The maximum atomic E-state index is 13.5. The number of hydrogen-bond donors (Lipinski definition) is 1. The molecule has 5 heteroatoms. The number of nitrogens with one attached hydrogen (secondary N) is 1. The van der Waals surface area contributed by atoms with Gasteiger partial charge in [0.25, 0.3) is 0 Å². The third kappa shape index (κ3) is 1.85. The van der Waals surface area contributed by atoms with E-state index in [4.69, 9.17) is 11.6 Å². The van der Waals surface area contributed by atoms with Gasteiger partial charge in [-0.25, -0.2) is 9.37 Å². The molecule has 2 rings (SSSR count). The summed E-state index contributed by atoms with van der Waals surface area (Å²) >= 11 is 5.88. The van der Waals surface area contributed by atoms with Crippen LogP contribution in [-0.2, 0) is 6.42 Å². The van der Waals surface area contributed by atoms with Crippen molar-refractivity contribution >= 4 is 11.6 Å². The van der Waals surface area contributed by atoms with Crippen LogP contribution in [0.3, 0.4) is 0 Å². The monoisotopic (exact) mass is 225 g/mol. The molecule has 1 aromatic carbocycles. The van der Waals surface area contributed by atoms with E-state index in [0.717, 1.165) is 6.42 Å². The third-order valence-corrected chi connectivity index (χ3v) is 2.37. The van der Waals surface area contributed by atoms with Crippen LogP contribution < -0.4 is 0 Å². The molecule has 0 saturated carbocycles. The molecular formula is C10H9ClFN3. The van der Waals surface area contributed by atoms with Crippen molar-refractivity contribution in [3.8, 4) is 11.4 Å². The summed E-state index contributed by atoms with van der Waals surface area (Å²) in [7, 11) is 0. The minimum atomic E-state index is -0.413.